The van der Waals surface area contributed by atoms with Gasteiger partial charge >= 0.3 is 5.97 Å². The van der Waals surface area contributed by atoms with Gasteiger partial charge in [0.25, 0.3) is 11.6 Å². The normalized spacial score (nSPS) is 10.5. The first-order valence-corrected chi connectivity index (χ1v) is 7.93. The third-order valence-corrected chi connectivity index (χ3v) is 3.78. The van der Waals surface area contributed by atoms with Gasteiger partial charge in [-0.2, -0.15) is 0 Å². The highest BCUT2D eigenvalue weighted by molar-refractivity contribution is 5.95. The van der Waals surface area contributed by atoms with Crippen molar-refractivity contribution >= 4 is 17.6 Å². The number of rotatable bonds is 8. The van der Waals surface area contributed by atoms with E-state index in [-0.39, 0.29) is 42.5 Å². The quantitative estimate of drug-likeness (QED) is 0.388. The number of aryl methyl sites for hydroxylation is 1. The SMILES string of the molecule is COCCN(Cc1nc(C(=O)OC)co1)C(=O)c1ccc(C)c([N+](=O)[O-])c1. The van der Waals surface area contributed by atoms with Crippen LogP contribution in [0.25, 0.3) is 0 Å². The maximum Gasteiger partial charge on any atom is 0.360 e. The number of methoxy groups -OCH3 is 2. The van der Waals surface area contributed by atoms with Crippen molar-refractivity contribution in [1.82, 2.24) is 9.88 Å². The van der Waals surface area contributed by atoms with Crippen molar-refractivity contribution < 1.29 is 28.4 Å². The monoisotopic (exact) mass is 377 g/mol. The zero-order valence-corrected chi connectivity index (χ0v) is 15.1. The van der Waals surface area contributed by atoms with Crippen molar-refractivity contribution in [2.75, 3.05) is 27.4 Å². The Kier molecular flexibility index (Phi) is 6.61. The van der Waals surface area contributed by atoms with E-state index < -0.39 is 16.8 Å². The van der Waals surface area contributed by atoms with E-state index in [0.717, 1.165) is 6.26 Å². The zero-order chi connectivity index (χ0) is 20.0. The van der Waals surface area contributed by atoms with Crippen LogP contribution in [0.1, 0.15) is 32.3 Å². The van der Waals surface area contributed by atoms with Gasteiger partial charge in [-0.15, -0.1) is 0 Å². The number of nitrogens with zero attached hydrogens (tertiary/aromatic N) is 3. The van der Waals surface area contributed by atoms with Crippen molar-refractivity contribution in [3.63, 3.8) is 0 Å². The fraction of sp³-hybridized carbons (Fsp3) is 0.353. The second-order valence-corrected chi connectivity index (χ2v) is 5.60. The van der Waals surface area contributed by atoms with Crippen LogP contribution in [0.5, 0.6) is 0 Å². The third-order valence-electron chi connectivity index (χ3n) is 3.78. The summed E-state index contributed by atoms with van der Waals surface area (Å²) in [5, 5.41) is 11.1. The molecule has 0 atom stereocenters. The smallest absolute Gasteiger partial charge is 0.360 e. The summed E-state index contributed by atoms with van der Waals surface area (Å²) in [6.45, 7) is 1.99. The molecule has 0 aliphatic carbocycles. The van der Waals surface area contributed by atoms with Crippen molar-refractivity contribution in [2.45, 2.75) is 13.5 Å². The Morgan fingerprint density at radius 3 is 2.70 bits per heavy atom. The minimum Gasteiger partial charge on any atom is -0.464 e. The molecule has 2 rings (SSSR count). The van der Waals surface area contributed by atoms with Gasteiger partial charge in [-0.1, -0.05) is 6.07 Å². The van der Waals surface area contributed by atoms with Crippen LogP contribution >= 0.6 is 0 Å². The van der Waals surface area contributed by atoms with E-state index in [1.807, 2.05) is 0 Å². The minimum absolute atomic E-state index is 0.0161. The van der Waals surface area contributed by atoms with Crippen LogP contribution in [0.15, 0.2) is 28.9 Å². The summed E-state index contributed by atoms with van der Waals surface area (Å²) in [4.78, 5) is 40.2. The number of benzene rings is 1. The van der Waals surface area contributed by atoms with Crippen molar-refractivity contribution in [3.8, 4) is 0 Å². The standard InChI is InChI=1S/C17H19N3O7/c1-11-4-5-12(8-14(11)20(23)24)16(21)19(6-7-25-2)9-15-18-13(10-27-15)17(22)26-3/h4-5,8,10H,6-7,9H2,1-3H3. The van der Waals surface area contributed by atoms with Crippen LogP contribution in [0, 0.1) is 17.0 Å². The van der Waals surface area contributed by atoms with Gasteiger partial charge in [0, 0.05) is 30.8 Å². The topological polar surface area (TPSA) is 125 Å². The van der Waals surface area contributed by atoms with E-state index in [2.05, 4.69) is 9.72 Å². The Morgan fingerprint density at radius 1 is 1.33 bits per heavy atom. The molecule has 0 radical (unpaired) electrons. The average molecular weight is 377 g/mol. The van der Waals surface area contributed by atoms with Gasteiger partial charge in [0.2, 0.25) is 5.89 Å². The predicted molar refractivity (Wildman–Crippen MR) is 92.3 cm³/mol. The fourth-order valence-electron chi connectivity index (χ4n) is 2.32. The molecule has 0 bridgehead atoms. The molecule has 0 unspecified atom stereocenters. The predicted octanol–water partition coefficient (Wildman–Crippen LogP) is 1.97. The molecule has 1 aromatic heterocycles. The second-order valence-electron chi connectivity index (χ2n) is 5.60. The second kappa shape index (κ2) is 8.90. The first kappa shape index (κ1) is 20.0. The highest BCUT2D eigenvalue weighted by Crippen LogP contribution is 2.21. The van der Waals surface area contributed by atoms with E-state index in [0.29, 0.717) is 5.56 Å². The number of oxazole rings is 1. The molecular formula is C17H19N3O7. The number of carbonyl (C=O) groups is 2. The van der Waals surface area contributed by atoms with E-state index >= 15 is 0 Å². The molecule has 144 valence electrons. The Hall–Kier alpha value is -3.27. The molecule has 0 fully saturated rings. The minimum atomic E-state index is -0.658. The lowest BCUT2D eigenvalue weighted by Crippen LogP contribution is -2.33. The molecule has 0 aliphatic heterocycles. The number of hydrogen-bond donors (Lipinski definition) is 0. The van der Waals surface area contributed by atoms with Crippen molar-refractivity contribution in [1.29, 1.82) is 0 Å². The molecule has 0 saturated carbocycles. The Balaban J connectivity index is 2.26. The number of hydrogen-bond acceptors (Lipinski definition) is 8. The number of esters is 1. The zero-order valence-electron chi connectivity index (χ0n) is 15.1. The summed E-state index contributed by atoms with van der Waals surface area (Å²) < 4.78 is 14.8. The van der Waals surface area contributed by atoms with Crippen molar-refractivity contribution in [2.24, 2.45) is 0 Å². The maximum absolute atomic E-state index is 12.8. The van der Waals surface area contributed by atoms with Gasteiger partial charge in [0.1, 0.15) is 6.26 Å². The lowest BCUT2D eigenvalue weighted by molar-refractivity contribution is -0.385. The fourth-order valence-corrected chi connectivity index (χ4v) is 2.32. The maximum atomic E-state index is 12.8. The van der Waals surface area contributed by atoms with E-state index in [1.165, 1.54) is 37.3 Å². The number of carbonyl (C=O) groups excluding carboxylic acids is 2. The molecule has 0 N–H and O–H groups in total. The van der Waals surface area contributed by atoms with Crippen LogP contribution in [0.2, 0.25) is 0 Å². The van der Waals surface area contributed by atoms with E-state index in [4.69, 9.17) is 9.15 Å². The molecular weight excluding hydrogens is 358 g/mol. The summed E-state index contributed by atoms with van der Waals surface area (Å²) in [5.41, 5.74) is 0.452. The van der Waals surface area contributed by atoms with Gasteiger partial charge < -0.3 is 18.8 Å². The Bertz CT molecular complexity index is 847. The number of amides is 1. The van der Waals surface area contributed by atoms with Crippen LogP contribution in [0.4, 0.5) is 5.69 Å². The summed E-state index contributed by atoms with van der Waals surface area (Å²) in [6.07, 6.45) is 1.14. The number of aromatic nitrogens is 1. The number of nitro groups is 1. The molecule has 1 amide bonds. The Morgan fingerprint density at radius 2 is 2.07 bits per heavy atom. The molecule has 27 heavy (non-hydrogen) atoms. The molecule has 1 aromatic carbocycles. The molecule has 1 heterocycles. The Labute approximate surface area is 154 Å². The molecule has 0 spiro atoms. The van der Waals surface area contributed by atoms with Crippen LogP contribution in [-0.2, 0) is 16.0 Å². The van der Waals surface area contributed by atoms with Gasteiger partial charge in [-0.25, -0.2) is 9.78 Å². The lowest BCUT2D eigenvalue weighted by Gasteiger charge is -2.21. The molecule has 10 nitrogen and oxygen atoms in total. The highest BCUT2D eigenvalue weighted by atomic mass is 16.6. The average Bonchev–Trinajstić information content (AvgIpc) is 3.12. The third kappa shape index (κ3) is 4.88. The number of ether oxygens (including phenoxy) is 2. The summed E-state index contributed by atoms with van der Waals surface area (Å²) in [5.74, 6) is -0.983. The molecule has 2 aromatic rings. The van der Waals surface area contributed by atoms with Gasteiger partial charge in [-0.3, -0.25) is 14.9 Å². The summed E-state index contributed by atoms with van der Waals surface area (Å²) in [6, 6.07) is 4.26. The molecule has 0 saturated heterocycles. The van der Waals surface area contributed by atoms with Gasteiger partial charge in [-0.05, 0) is 13.0 Å². The van der Waals surface area contributed by atoms with E-state index in [1.54, 1.807) is 6.92 Å². The lowest BCUT2D eigenvalue weighted by atomic mass is 10.1. The van der Waals surface area contributed by atoms with Crippen LogP contribution < -0.4 is 0 Å². The van der Waals surface area contributed by atoms with Gasteiger partial charge in [0.15, 0.2) is 5.69 Å². The summed E-state index contributed by atoms with van der Waals surface area (Å²) >= 11 is 0. The first-order valence-electron chi connectivity index (χ1n) is 7.93. The number of nitro benzene ring substituents is 1. The van der Waals surface area contributed by atoms with Crippen LogP contribution in [0.3, 0.4) is 0 Å². The van der Waals surface area contributed by atoms with E-state index in [9.17, 15) is 19.7 Å². The first-order chi connectivity index (χ1) is 12.9. The largest absolute Gasteiger partial charge is 0.464 e. The molecule has 0 aliphatic rings. The highest BCUT2D eigenvalue weighted by Gasteiger charge is 2.22. The van der Waals surface area contributed by atoms with Crippen molar-refractivity contribution in [3.05, 3.63) is 57.3 Å². The summed E-state index contributed by atoms with van der Waals surface area (Å²) in [7, 11) is 2.70. The van der Waals surface area contributed by atoms with Crippen LogP contribution in [-0.4, -0.2) is 54.1 Å². The van der Waals surface area contributed by atoms with Gasteiger partial charge in [0.05, 0.1) is 25.2 Å². The molecule has 10 heteroatoms.